The third-order valence-corrected chi connectivity index (χ3v) is 3.73. The molecule has 2 heterocycles. The third-order valence-electron chi connectivity index (χ3n) is 3.73. The summed E-state index contributed by atoms with van der Waals surface area (Å²) >= 11 is 0. The number of amides is 1. The molecular formula is C17H14N6O. The van der Waals surface area contributed by atoms with Gasteiger partial charge in [-0.05, 0) is 18.2 Å². The minimum absolute atomic E-state index is 0.0612. The Labute approximate surface area is 137 Å². The summed E-state index contributed by atoms with van der Waals surface area (Å²) in [5.41, 5.74) is 6.03. The van der Waals surface area contributed by atoms with Crippen LogP contribution in [-0.2, 0) is 11.3 Å². The van der Waals surface area contributed by atoms with Crippen molar-refractivity contribution in [1.29, 1.82) is 0 Å². The van der Waals surface area contributed by atoms with E-state index in [4.69, 9.17) is 0 Å². The average molecular weight is 318 g/mol. The molecular weight excluding hydrogens is 304 g/mol. The van der Waals surface area contributed by atoms with Gasteiger partial charge in [0.05, 0.1) is 11.7 Å². The number of hydrazone groups is 1. The van der Waals surface area contributed by atoms with Gasteiger partial charge in [0.1, 0.15) is 12.1 Å². The molecule has 0 saturated carbocycles. The molecule has 0 saturated heterocycles. The topological polar surface area (TPSA) is 88.0 Å². The Hall–Kier alpha value is -3.48. The first-order chi connectivity index (χ1) is 11.8. The standard InChI is InChI=1S/C17H14N6O/c24-17(11-23-16-8-4-3-7-15(16)20-22-23)21-19-10-12-9-18-14-6-2-1-5-13(12)14/h1-10,18H,11H2,(H,21,24)/b19-10+. The molecule has 0 atom stereocenters. The van der Waals surface area contributed by atoms with E-state index >= 15 is 0 Å². The average Bonchev–Trinajstić information content (AvgIpc) is 3.20. The highest BCUT2D eigenvalue weighted by Gasteiger charge is 2.07. The van der Waals surface area contributed by atoms with Crippen molar-refractivity contribution >= 4 is 34.1 Å². The number of hydrogen-bond donors (Lipinski definition) is 2. The number of nitrogens with zero attached hydrogens (tertiary/aromatic N) is 4. The van der Waals surface area contributed by atoms with Crippen LogP contribution in [0.3, 0.4) is 0 Å². The zero-order valence-corrected chi connectivity index (χ0v) is 12.7. The van der Waals surface area contributed by atoms with Gasteiger partial charge in [-0.1, -0.05) is 35.5 Å². The Balaban J connectivity index is 1.45. The second-order valence-electron chi connectivity index (χ2n) is 5.32. The van der Waals surface area contributed by atoms with Crippen molar-refractivity contribution < 1.29 is 4.79 Å². The molecule has 0 aliphatic rings. The minimum atomic E-state index is -0.262. The maximum atomic E-state index is 12.0. The van der Waals surface area contributed by atoms with Gasteiger partial charge in [0, 0.05) is 22.7 Å². The fourth-order valence-corrected chi connectivity index (χ4v) is 2.58. The van der Waals surface area contributed by atoms with Crippen LogP contribution in [0, 0.1) is 0 Å². The number of para-hydroxylation sites is 2. The lowest BCUT2D eigenvalue weighted by atomic mass is 10.2. The number of hydrogen-bond acceptors (Lipinski definition) is 4. The number of carbonyl (C=O) groups is 1. The smallest absolute Gasteiger partial charge is 0.261 e. The zero-order chi connectivity index (χ0) is 16.4. The highest BCUT2D eigenvalue weighted by atomic mass is 16.2. The van der Waals surface area contributed by atoms with Crippen molar-refractivity contribution in [2.24, 2.45) is 5.10 Å². The molecule has 0 bridgehead atoms. The molecule has 7 nitrogen and oxygen atoms in total. The first kappa shape index (κ1) is 14.1. The molecule has 0 aliphatic carbocycles. The number of rotatable bonds is 4. The SMILES string of the molecule is O=C(Cn1nnc2ccccc21)N/N=C/c1c[nH]c2ccccc12. The van der Waals surface area contributed by atoms with Gasteiger partial charge in [-0.15, -0.1) is 5.10 Å². The fourth-order valence-electron chi connectivity index (χ4n) is 2.58. The Bertz CT molecular complexity index is 1050. The molecule has 2 aromatic carbocycles. The molecule has 0 fully saturated rings. The first-order valence-electron chi connectivity index (χ1n) is 7.47. The largest absolute Gasteiger partial charge is 0.361 e. The van der Waals surface area contributed by atoms with Crippen LogP contribution in [0.2, 0.25) is 0 Å². The summed E-state index contributed by atoms with van der Waals surface area (Å²) in [5.74, 6) is -0.262. The predicted molar refractivity (Wildman–Crippen MR) is 91.6 cm³/mol. The monoisotopic (exact) mass is 318 g/mol. The van der Waals surface area contributed by atoms with Crippen molar-refractivity contribution in [1.82, 2.24) is 25.4 Å². The zero-order valence-electron chi connectivity index (χ0n) is 12.7. The maximum absolute atomic E-state index is 12.0. The minimum Gasteiger partial charge on any atom is -0.361 e. The van der Waals surface area contributed by atoms with E-state index in [1.807, 2.05) is 54.7 Å². The number of aromatic amines is 1. The number of benzene rings is 2. The quantitative estimate of drug-likeness (QED) is 0.446. The number of aromatic nitrogens is 4. The molecule has 0 aliphatic heterocycles. The molecule has 0 spiro atoms. The normalized spacial score (nSPS) is 11.5. The number of nitrogens with one attached hydrogen (secondary N) is 2. The van der Waals surface area contributed by atoms with Crippen LogP contribution in [0.5, 0.6) is 0 Å². The summed E-state index contributed by atoms with van der Waals surface area (Å²) in [5, 5.41) is 13.1. The van der Waals surface area contributed by atoms with E-state index in [1.54, 1.807) is 10.9 Å². The van der Waals surface area contributed by atoms with Crippen LogP contribution in [0.25, 0.3) is 21.9 Å². The van der Waals surface area contributed by atoms with Crippen LogP contribution in [-0.4, -0.2) is 32.1 Å². The van der Waals surface area contributed by atoms with E-state index in [9.17, 15) is 4.79 Å². The van der Waals surface area contributed by atoms with E-state index in [2.05, 4.69) is 25.8 Å². The van der Waals surface area contributed by atoms with Gasteiger partial charge in [-0.2, -0.15) is 5.10 Å². The van der Waals surface area contributed by atoms with Crippen LogP contribution >= 0.6 is 0 Å². The molecule has 2 N–H and O–H groups in total. The highest BCUT2D eigenvalue weighted by molar-refractivity contribution is 5.99. The summed E-state index contributed by atoms with van der Waals surface area (Å²) in [7, 11) is 0. The molecule has 0 radical (unpaired) electrons. The Kier molecular flexibility index (Phi) is 3.51. The van der Waals surface area contributed by atoms with Gasteiger partial charge in [0.2, 0.25) is 0 Å². The maximum Gasteiger partial charge on any atom is 0.261 e. The second-order valence-corrected chi connectivity index (χ2v) is 5.32. The fraction of sp³-hybridized carbons (Fsp3) is 0.0588. The molecule has 4 rings (SSSR count). The summed E-state index contributed by atoms with van der Waals surface area (Å²) in [6, 6.07) is 15.4. The summed E-state index contributed by atoms with van der Waals surface area (Å²) in [6.07, 6.45) is 3.47. The molecule has 118 valence electrons. The van der Waals surface area contributed by atoms with Gasteiger partial charge in [-0.25, -0.2) is 10.1 Å². The molecule has 7 heteroatoms. The summed E-state index contributed by atoms with van der Waals surface area (Å²) in [6.45, 7) is 0.0612. The van der Waals surface area contributed by atoms with Crippen molar-refractivity contribution in [3.05, 3.63) is 60.3 Å². The number of carbonyl (C=O) groups excluding carboxylic acids is 1. The molecule has 2 aromatic heterocycles. The van der Waals surface area contributed by atoms with E-state index in [1.165, 1.54) is 0 Å². The van der Waals surface area contributed by atoms with Crippen molar-refractivity contribution in [3.8, 4) is 0 Å². The number of fused-ring (bicyclic) bond motifs is 2. The van der Waals surface area contributed by atoms with Crippen molar-refractivity contribution in [2.45, 2.75) is 6.54 Å². The van der Waals surface area contributed by atoms with E-state index in [0.717, 1.165) is 27.5 Å². The highest BCUT2D eigenvalue weighted by Crippen LogP contribution is 2.15. The number of H-pyrrole nitrogens is 1. The van der Waals surface area contributed by atoms with Gasteiger partial charge in [-0.3, -0.25) is 4.79 Å². The third kappa shape index (κ3) is 2.63. The molecule has 1 amide bonds. The molecule has 24 heavy (non-hydrogen) atoms. The van der Waals surface area contributed by atoms with E-state index in [-0.39, 0.29) is 12.5 Å². The van der Waals surface area contributed by atoms with Gasteiger partial charge in [0.15, 0.2) is 0 Å². The lowest BCUT2D eigenvalue weighted by Gasteiger charge is -2.00. The van der Waals surface area contributed by atoms with Gasteiger partial charge >= 0.3 is 0 Å². The van der Waals surface area contributed by atoms with Gasteiger partial charge in [0.25, 0.3) is 5.91 Å². The lowest BCUT2D eigenvalue weighted by molar-refractivity contribution is -0.121. The van der Waals surface area contributed by atoms with Crippen LogP contribution in [0.1, 0.15) is 5.56 Å². The second kappa shape index (κ2) is 5.96. The Morgan fingerprint density at radius 3 is 3.00 bits per heavy atom. The molecule has 4 aromatic rings. The van der Waals surface area contributed by atoms with Crippen LogP contribution in [0.15, 0.2) is 59.8 Å². The summed E-state index contributed by atoms with van der Waals surface area (Å²) in [4.78, 5) is 15.2. The van der Waals surface area contributed by atoms with Crippen LogP contribution < -0.4 is 5.43 Å². The van der Waals surface area contributed by atoms with E-state index in [0.29, 0.717) is 0 Å². The lowest BCUT2D eigenvalue weighted by Crippen LogP contribution is -2.23. The van der Waals surface area contributed by atoms with Crippen molar-refractivity contribution in [3.63, 3.8) is 0 Å². The first-order valence-corrected chi connectivity index (χ1v) is 7.47. The summed E-state index contributed by atoms with van der Waals surface area (Å²) < 4.78 is 1.55. The van der Waals surface area contributed by atoms with Crippen LogP contribution in [0.4, 0.5) is 0 Å². The predicted octanol–water partition coefficient (Wildman–Crippen LogP) is 2.06. The van der Waals surface area contributed by atoms with E-state index < -0.39 is 0 Å². The Morgan fingerprint density at radius 1 is 1.21 bits per heavy atom. The van der Waals surface area contributed by atoms with Crippen molar-refractivity contribution in [2.75, 3.05) is 0 Å². The Morgan fingerprint density at radius 2 is 2.04 bits per heavy atom. The molecule has 0 unspecified atom stereocenters. The van der Waals surface area contributed by atoms with Gasteiger partial charge < -0.3 is 4.98 Å².